The van der Waals surface area contributed by atoms with Crippen molar-refractivity contribution in [3.8, 4) is 0 Å². The normalized spacial score (nSPS) is 32.2. The molecular weight excluding hydrogens is 379 g/mol. The number of ether oxygens (including phenoxy) is 1. The van der Waals surface area contributed by atoms with Crippen LogP contribution in [0.1, 0.15) is 6.92 Å². The fourth-order valence-corrected chi connectivity index (χ4v) is 11.3. The molecule has 0 aromatic rings. The van der Waals surface area contributed by atoms with Crippen LogP contribution in [-0.2, 0) is 27.6 Å². The Bertz CT molecular complexity index is 653. The lowest BCUT2D eigenvalue weighted by atomic mass is 10.4. The number of nitrogens with zero attached hydrogens (tertiary/aromatic N) is 3. The Labute approximate surface area is 142 Å². The number of carbonyl (C=O) groups is 1. The molecule has 0 amide bonds. The maximum atomic E-state index is 11.4. The van der Waals surface area contributed by atoms with E-state index in [1.165, 1.54) is 21.3 Å². The van der Waals surface area contributed by atoms with Crippen LogP contribution < -0.4 is 0 Å². The van der Waals surface area contributed by atoms with E-state index in [0.717, 1.165) is 0 Å². The quantitative estimate of drug-likeness (QED) is 0.270. The third kappa shape index (κ3) is 5.35. The molecule has 1 heterocycles. The van der Waals surface area contributed by atoms with Gasteiger partial charge in [0.25, 0.3) is 0 Å². The van der Waals surface area contributed by atoms with Crippen molar-refractivity contribution >= 4 is 28.5 Å². The molecule has 13 heteroatoms. The first kappa shape index (κ1) is 21.7. The summed E-state index contributed by atoms with van der Waals surface area (Å²) in [5, 5.41) is 9.69. The maximum Gasteiger partial charge on any atom is 0.345 e. The zero-order chi connectivity index (χ0) is 18.4. The van der Waals surface area contributed by atoms with E-state index < -0.39 is 34.8 Å². The maximum absolute atomic E-state index is 11.4. The smallest absolute Gasteiger partial charge is 0.345 e. The molecule has 0 saturated heterocycles. The largest absolute Gasteiger partial charge is 0.460 e. The number of hydrogen-bond donors (Lipinski definition) is 1. The number of aliphatic hydroxyl groups is 1. The molecule has 0 bridgehead atoms. The fraction of sp³-hybridized carbons (Fsp3) is 0.727. The molecule has 10 nitrogen and oxygen atoms in total. The van der Waals surface area contributed by atoms with E-state index in [9.17, 15) is 9.90 Å². The summed E-state index contributed by atoms with van der Waals surface area (Å²) in [6, 6.07) is 0. The molecule has 3 atom stereocenters. The van der Waals surface area contributed by atoms with E-state index in [-0.39, 0.29) is 13.2 Å². The topological polar surface area (TPSA) is 121 Å². The molecular formula is C11H24N3O7P3. The molecule has 3 unspecified atom stereocenters. The van der Waals surface area contributed by atoms with Gasteiger partial charge in [-0.2, -0.15) is 13.5 Å². The van der Waals surface area contributed by atoms with Crippen molar-refractivity contribution in [2.75, 3.05) is 47.6 Å². The predicted molar refractivity (Wildman–Crippen MR) is 93.8 cm³/mol. The van der Waals surface area contributed by atoms with E-state index >= 15 is 0 Å². The van der Waals surface area contributed by atoms with E-state index in [0.29, 0.717) is 5.57 Å². The number of hydrogen-bond acceptors (Lipinski definition) is 10. The van der Waals surface area contributed by atoms with Crippen molar-refractivity contribution in [3.63, 3.8) is 0 Å². The lowest BCUT2D eigenvalue weighted by molar-refractivity contribution is -0.139. The minimum Gasteiger partial charge on any atom is -0.460 e. The van der Waals surface area contributed by atoms with Gasteiger partial charge in [-0.1, -0.05) is 6.58 Å². The Morgan fingerprint density at radius 3 is 2.21 bits per heavy atom. The summed E-state index contributed by atoms with van der Waals surface area (Å²) in [4.78, 5) is 11.4. The Morgan fingerprint density at radius 2 is 1.75 bits per heavy atom. The Morgan fingerprint density at radius 1 is 1.08 bits per heavy atom. The second-order valence-electron chi connectivity index (χ2n) is 4.70. The predicted octanol–water partition coefficient (Wildman–Crippen LogP) is 3.66. The fourth-order valence-electron chi connectivity index (χ4n) is 1.55. The van der Waals surface area contributed by atoms with Crippen LogP contribution in [0.25, 0.3) is 0 Å². The van der Waals surface area contributed by atoms with Crippen LogP contribution in [0.3, 0.4) is 0 Å². The molecule has 0 fully saturated rings. The van der Waals surface area contributed by atoms with Crippen molar-refractivity contribution in [3.05, 3.63) is 12.2 Å². The summed E-state index contributed by atoms with van der Waals surface area (Å²) in [6.07, 6.45) is -0.406. The minimum atomic E-state index is -3.12. The van der Waals surface area contributed by atoms with Crippen LogP contribution in [0, 0.1) is 0 Å². The highest BCUT2D eigenvalue weighted by atomic mass is 31.3. The number of rotatable bonds is 9. The summed E-state index contributed by atoms with van der Waals surface area (Å²) in [5.74, 6) is -0.515. The lowest BCUT2D eigenvalue weighted by Gasteiger charge is -2.30. The van der Waals surface area contributed by atoms with Crippen molar-refractivity contribution in [1.29, 1.82) is 0 Å². The first-order valence-electron chi connectivity index (χ1n) is 6.82. The van der Waals surface area contributed by atoms with Gasteiger partial charge in [-0.25, -0.2) is 4.79 Å². The molecule has 0 aliphatic carbocycles. The molecule has 24 heavy (non-hydrogen) atoms. The molecule has 1 rings (SSSR count). The van der Waals surface area contributed by atoms with Crippen LogP contribution in [0.5, 0.6) is 0 Å². The van der Waals surface area contributed by atoms with E-state index in [1.807, 2.05) is 0 Å². The molecule has 0 aromatic heterocycles. The first-order valence-corrected chi connectivity index (χ1v) is 12.2. The summed E-state index contributed by atoms with van der Waals surface area (Å²) >= 11 is 0. The summed E-state index contributed by atoms with van der Waals surface area (Å²) in [5.41, 5.74) is 0.291. The molecule has 1 aliphatic heterocycles. The van der Waals surface area contributed by atoms with E-state index in [4.69, 9.17) is 22.8 Å². The SMILES string of the molecule is C=C(C)C(=O)OCCOP1(OC)=NP(CO)(OC)=NP(C)(OC)=N1. The summed E-state index contributed by atoms with van der Waals surface area (Å²) in [6.45, 7) is 6.73. The average Bonchev–Trinajstić information content (AvgIpc) is 2.57. The highest BCUT2D eigenvalue weighted by Gasteiger charge is 2.36. The third-order valence-corrected chi connectivity index (χ3v) is 12.2. The van der Waals surface area contributed by atoms with Gasteiger partial charge in [0.1, 0.15) is 13.0 Å². The van der Waals surface area contributed by atoms with Gasteiger partial charge in [0.2, 0.25) is 14.9 Å². The van der Waals surface area contributed by atoms with Crippen molar-refractivity contribution < 1.29 is 32.7 Å². The van der Waals surface area contributed by atoms with Gasteiger partial charge in [-0.05, 0) is 6.92 Å². The van der Waals surface area contributed by atoms with Gasteiger partial charge >= 0.3 is 13.6 Å². The van der Waals surface area contributed by atoms with Crippen LogP contribution in [-0.4, -0.2) is 58.6 Å². The van der Waals surface area contributed by atoms with Gasteiger partial charge < -0.3 is 27.9 Å². The molecule has 1 N–H and O–H groups in total. The minimum absolute atomic E-state index is 0.00644. The second-order valence-corrected chi connectivity index (χ2v) is 12.5. The summed E-state index contributed by atoms with van der Waals surface area (Å²) in [7, 11) is -4.37. The standard InChI is InChI=1S/C11H24N3O7P3/c1-10(2)11(16)20-7-8-21-24(19-5)13-22(6,17-3)12-23(9-15,14-24)18-4/h15H,1,7-9H2,2-6H3. The average molecular weight is 403 g/mol. The molecule has 140 valence electrons. The van der Waals surface area contributed by atoms with Crippen LogP contribution in [0.15, 0.2) is 25.7 Å². The van der Waals surface area contributed by atoms with Crippen molar-refractivity contribution in [2.24, 2.45) is 13.5 Å². The Balaban J connectivity index is 3.07. The number of esters is 1. The zero-order valence-corrected chi connectivity index (χ0v) is 17.1. The lowest BCUT2D eigenvalue weighted by Crippen LogP contribution is -2.10. The van der Waals surface area contributed by atoms with Gasteiger partial charge in [0.15, 0.2) is 0 Å². The number of carbonyl (C=O) groups excluding carboxylic acids is 1. The number of aliphatic hydroxyl groups excluding tert-OH is 1. The zero-order valence-electron chi connectivity index (χ0n) is 14.4. The van der Waals surface area contributed by atoms with Crippen molar-refractivity contribution in [2.45, 2.75) is 6.92 Å². The van der Waals surface area contributed by atoms with Crippen molar-refractivity contribution in [1.82, 2.24) is 0 Å². The van der Waals surface area contributed by atoms with Crippen LogP contribution in [0.2, 0.25) is 0 Å². The van der Waals surface area contributed by atoms with Gasteiger partial charge in [-0.3, -0.25) is 0 Å². The van der Waals surface area contributed by atoms with E-state index in [1.54, 1.807) is 13.6 Å². The first-order chi connectivity index (χ1) is 11.2. The molecule has 0 aromatic carbocycles. The summed E-state index contributed by atoms with van der Waals surface area (Å²) < 4.78 is 40.0. The Hall–Kier alpha value is -0.300. The Kier molecular flexibility index (Phi) is 8.04. The monoisotopic (exact) mass is 403 g/mol. The second kappa shape index (κ2) is 8.88. The molecule has 1 aliphatic rings. The van der Waals surface area contributed by atoms with Gasteiger partial charge in [0.05, 0.1) is 6.61 Å². The molecule has 0 spiro atoms. The van der Waals surface area contributed by atoms with Crippen LogP contribution in [0.4, 0.5) is 0 Å². The van der Waals surface area contributed by atoms with E-state index in [2.05, 4.69) is 20.1 Å². The molecule has 0 radical (unpaired) electrons. The highest BCUT2D eigenvalue weighted by Crippen LogP contribution is 2.77. The highest BCUT2D eigenvalue weighted by molar-refractivity contribution is 7.81. The van der Waals surface area contributed by atoms with Crippen LogP contribution >= 0.6 is 22.5 Å². The van der Waals surface area contributed by atoms with Gasteiger partial charge in [0, 0.05) is 33.6 Å². The van der Waals surface area contributed by atoms with Gasteiger partial charge in [-0.15, -0.1) is 0 Å². The third-order valence-electron chi connectivity index (χ3n) is 2.82. The molecule has 0 saturated carbocycles.